The molecule has 2 heterocycles. The van der Waals surface area contributed by atoms with E-state index < -0.39 is 5.54 Å². The highest BCUT2D eigenvalue weighted by Crippen LogP contribution is 2.39. The van der Waals surface area contributed by atoms with Crippen LogP contribution >= 0.6 is 0 Å². The van der Waals surface area contributed by atoms with Gasteiger partial charge in [-0.1, -0.05) is 44.2 Å². The van der Waals surface area contributed by atoms with Crippen molar-refractivity contribution in [3.63, 3.8) is 0 Å². The standard InChI is InChI=1S/C27H37N3O3/c1-19(2)12-15-29-26(32)30(20(3)4)25(31)27(29)13-16-28(17-14-27)18-23-22-9-7-6-8-21(22)10-11-24(23)33-5/h6-11,19-20H,12-18H2,1-5H3. The minimum Gasteiger partial charge on any atom is -0.496 e. The van der Waals surface area contributed by atoms with Crippen molar-refractivity contribution in [3.8, 4) is 5.75 Å². The van der Waals surface area contributed by atoms with E-state index in [0.29, 0.717) is 25.3 Å². The molecule has 6 heteroatoms. The predicted octanol–water partition coefficient (Wildman–Crippen LogP) is 4.90. The first kappa shape index (κ1) is 23.6. The van der Waals surface area contributed by atoms with Crippen LogP contribution in [0.5, 0.6) is 5.75 Å². The predicted molar refractivity (Wildman–Crippen MR) is 131 cm³/mol. The third-order valence-electron chi connectivity index (χ3n) is 7.30. The molecule has 0 aromatic heterocycles. The van der Waals surface area contributed by atoms with Crippen LogP contribution in [-0.2, 0) is 11.3 Å². The maximum Gasteiger partial charge on any atom is 0.327 e. The van der Waals surface area contributed by atoms with Crippen molar-refractivity contribution in [2.45, 2.75) is 65.1 Å². The fourth-order valence-electron chi connectivity index (χ4n) is 5.35. The molecule has 0 saturated carbocycles. The molecule has 1 spiro atoms. The average molecular weight is 452 g/mol. The van der Waals surface area contributed by atoms with Crippen LogP contribution in [-0.4, -0.2) is 65.0 Å². The first-order valence-electron chi connectivity index (χ1n) is 12.2. The number of carbonyl (C=O) groups is 2. The summed E-state index contributed by atoms with van der Waals surface area (Å²) in [5.74, 6) is 1.37. The van der Waals surface area contributed by atoms with Gasteiger partial charge in [-0.3, -0.25) is 14.6 Å². The minimum atomic E-state index is -0.699. The molecule has 0 unspecified atom stereocenters. The van der Waals surface area contributed by atoms with Gasteiger partial charge in [-0.05, 0) is 55.9 Å². The minimum absolute atomic E-state index is 0.00588. The summed E-state index contributed by atoms with van der Waals surface area (Å²) in [6, 6.07) is 12.3. The molecule has 0 bridgehead atoms. The summed E-state index contributed by atoms with van der Waals surface area (Å²) in [5, 5.41) is 2.40. The summed E-state index contributed by atoms with van der Waals surface area (Å²) in [7, 11) is 1.72. The topological polar surface area (TPSA) is 53.1 Å². The Hall–Kier alpha value is -2.60. The maximum atomic E-state index is 13.6. The monoisotopic (exact) mass is 451 g/mol. The molecule has 178 valence electrons. The maximum absolute atomic E-state index is 13.6. The van der Waals surface area contributed by atoms with E-state index in [1.165, 1.54) is 21.2 Å². The van der Waals surface area contributed by atoms with Crippen molar-refractivity contribution in [1.82, 2.24) is 14.7 Å². The third kappa shape index (κ3) is 4.21. The zero-order valence-electron chi connectivity index (χ0n) is 20.6. The number of nitrogens with zero attached hydrogens (tertiary/aromatic N) is 3. The van der Waals surface area contributed by atoms with Crippen LogP contribution in [0.4, 0.5) is 4.79 Å². The van der Waals surface area contributed by atoms with Crippen LogP contribution in [0.3, 0.4) is 0 Å². The van der Waals surface area contributed by atoms with Crippen molar-refractivity contribution in [2.75, 3.05) is 26.7 Å². The number of fused-ring (bicyclic) bond motifs is 1. The molecule has 33 heavy (non-hydrogen) atoms. The number of amides is 3. The number of ether oxygens (including phenoxy) is 1. The van der Waals surface area contributed by atoms with Crippen molar-refractivity contribution >= 4 is 22.7 Å². The number of imide groups is 1. The molecule has 2 fully saturated rings. The summed E-state index contributed by atoms with van der Waals surface area (Å²) in [6.45, 7) is 11.1. The lowest BCUT2D eigenvalue weighted by Gasteiger charge is -2.42. The molecule has 6 nitrogen and oxygen atoms in total. The van der Waals surface area contributed by atoms with Crippen LogP contribution in [0, 0.1) is 5.92 Å². The Kier molecular flexibility index (Phi) is 6.66. The highest BCUT2D eigenvalue weighted by Gasteiger charge is 2.58. The van der Waals surface area contributed by atoms with Crippen LogP contribution < -0.4 is 4.74 Å². The van der Waals surface area contributed by atoms with Crippen molar-refractivity contribution in [2.24, 2.45) is 5.92 Å². The van der Waals surface area contributed by atoms with Gasteiger partial charge in [0, 0.05) is 37.8 Å². The Morgan fingerprint density at radius 3 is 2.33 bits per heavy atom. The van der Waals surface area contributed by atoms with Gasteiger partial charge in [-0.25, -0.2) is 4.79 Å². The van der Waals surface area contributed by atoms with Gasteiger partial charge in [-0.15, -0.1) is 0 Å². The van der Waals surface area contributed by atoms with Crippen LogP contribution in [0.25, 0.3) is 10.8 Å². The largest absolute Gasteiger partial charge is 0.496 e. The Labute approximate surface area is 197 Å². The van der Waals surface area contributed by atoms with Crippen LogP contribution in [0.1, 0.15) is 52.5 Å². The summed E-state index contributed by atoms with van der Waals surface area (Å²) < 4.78 is 5.69. The SMILES string of the molecule is COc1ccc2ccccc2c1CN1CCC2(CC1)C(=O)N(C(C)C)C(=O)N2CCC(C)C. The molecule has 2 aromatic rings. The number of hydrogen-bond donors (Lipinski definition) is 0. The van der Waals surface area contributed by atoms with Crippen molar-refractivity contribution in [1.29, 1.82) is 0 Å². The van der Waals surface area contributed by atoms with E-state index in [1.807, 2.05) is 24.8 Å². The number of methoxy groups -OCH3 is 1. The second kappa shape index (κ2) is 9.34. The van der Waals surface area contributed by atoms with E-state index in [2.05, 4.69) is 49.1 Å². The normalized spacial score (nSPS) is 19.0. The van der Waals surface area contributed by atoms with Gasteiger partial charge in [-0.2, -0.15) is 0 Å². The zero-order chi connectivity index (χ0) is 23.8. The van der Waals surface area contributed by atoms with Gasteiger partial charge >= 0.3 is 6.03 Å². The summed E-state index contributed by atoms with van der Waals surface area (Å²) in [5.41, 5.74) is 0.483. The van der Waals surface area contributed by atoms with E-state index in [9.17, 15) is 9.59 Å². The fraction of sp³-hybridized carbons (Fsp3) is 0.556. The Balaban J connectivity index is 1.56. The number of benzene rings is 2. The van der Waals surface area contributed by atoms with Gasteiger partial charge in [0.2, 0.25) is 0 Å². The average Bonchev–Trinajstić information content (AvgIpc) is 2.99. The molecular weight excluding hydrogens is 414 g/mol. The third-order valence-corrected chi connectivity index (χ3v) is 7.30. The second-order valence-corrected chi connectivity index (χ2v) is 10.2. The van der Waals surface area contributed by atoms with E-state index in [1.54, 1.807) is 7.11 Å². The zero-order valence-corrected chi connectivity index (χ0v) is 20.6. The Morgan fingerprint density at radius 2 is 1.70 bits per heavy atom. The number of carbonyl (C=O) groups excluding carboxylic acids is 2. The van der Waals surface area contributed by atoms with Crippen LogP contribution in [0.2, 0.25) is 0 Å². The van der Waals surface area contributed by atoms with Gasteiger partial charge in [0.25, 0.3) is 5.91 Å². The van der Waals surface area contributed by atoms with Gasteiger partial charge in [0.1, 0.15) is 11.3 Å². The van der Waals surface area contributed by atoms with Crippen molar-refractivity contribution in [3.05, 3.63) is 42.0 Å². The van der Waals surface area contributed by atoms with E-state index in [0.717, 1.165) is 31.8 Å². The number of likely N-dealkylation sites (tertiary alicyclic amines) is 1. The quantitative estimate of drug-likeness (QED) is 0.562. The molecular formula is C27H37N3O3. The van der Waals surface area contributed by atoms with Gasteiger partial charge in [0.15, 0.2) is 0 Å². The van der Waals surface area contributed by atoms with Gasteiger partial charge in [0.05, 0.1) is 7.11 Å². The Morgan fingerprint density at radius 1 is 1.00 bits per heavy atom. The molecule has 4 rings (SSSR count). The highest BCUT2D eigenvalue weighted by molar-refractivity contribution is 6.07. The molecule has 0 N–H and O–H groups in total. The lowest BCUT2D eigenvalue weighted by atomic mass is 9.85. The summed E-state index contributed by atoms with van der Waals surface area (Å²) in [6.07, 6.45) is 2.25. The number of hydrogen-bond acceptors (Lipinski definition) is 4. The van der Waals surface area contributed by atoms with Crippen LogP contribution in [0.15, 0.2) is 36.4 Å². The van der Waals surface area contributed by atoms with Crippen molar-refractivity contribution < 1.29 is 14.3 Å². The fourth-order valence-corrected chi connectivity index (χ4v) is 5.35. The molecule has 2 saturated heterocycles. The first-order chi connectivity index (χ1) is 15.8. The molecule has 2 aliphatic rings. The summed E-state index contributed by atoms with van der Waals surface area (Å²) >= 11 is 0. The van der Waals surface area contributed by atoms with Gasteiger partial charge < -0.3 is 9.64 Å². The molecule has 3 amide bonds. The lowest BCUT2D eigenvalue weighted by Crippen LogP contribution is -2.56. The molecule has 0 aliphatic carbocycles. The molecule has 2 aliphatic heterocycles. The summed E-state index contributed by atoms with van der Waals surface area (Å²) in [4.78, 5) is 32.6. The highest BCUT2D eigenvalue weighted by atomic mass is 16.5. The van der Waals surface area contributed by atoms with E-state index >= 15 is 0 Å². The number of urea groups is 1. The molecule has 0 radical (unpaired) electrons. The first-order valence-corrected chi connectivity index (χ1v) is 12.2. The molecule has 0 atom stereocenters. The number of rotatable bonds is 7. The smallest absolute Gasteiger partial charge is 0.327 e. The second-order valence-electron chi connectivity index (χ2n) is 10.2. The lowest BCUT2D eigenvalue weighted by molar-refractivity contribution is -0.136. The van der Waals surface area contributed by atoms with E-state index in [-0.39, 0.29) is 18.0 Å². The number of piperidine rings is 1. The Bertz CT molecular complexity index is 1020. The molecule has 2 aromatic carbocycles. The van der Waals surface area contributed by atoms with E-state index in [4.69, 9.17) is 4.74 Å².